The van der Waals surface area contributed by atoms with Gasteiger partial charge in [-0.1, -0.05) is 17.7 Å². The molecule has 0 aliphatic carbocycles. The van der Waals surface area contributed by atoms with E-state index in [0.717, 1.165) is 5.56 Å². The van der Waals surface area contributed by atoms with Gasteiger partial charge in [-0.25, -0.2) is 9.87 Å². The zero-order valence-corrected chi connectivity index (χ0v) is 7.32. The number of hydroxylamine groups is 1. The summed E-state index contributed by atoms with van der Waals surface area (Å²) in [6.07, 6.45) is 0. The maximum absolute atomic E-state index is 13.2. The summed E-state index contributed by atoms with van der Waals surface area (Å²) in [6, 6.07) is 3.20. The molecular formula is C8H9ClFNO. The summed E-state index contributed by atoms with van der Waals surface area (Å²) in [4.78, 5) is 0. The Morgan fingerprint density at radius 3 is 2.83 bits per heavy atom. The van der Waals surface area contributed by atoms with Crippen LogP contribution in [0.4, 0.5) is 4.39 Å². The quantitative estimate of drug-likeness (QED) is 0.700. The van der Waals surface area contributed by atoms with E-state index >= 15 is 0 Å². The van der Waals surface area contributed by atoms with Crippen LogP contribution in [-0.4, -0.2) is 5.21 Å². The van der Waals surface area contributed by atoms with Crippen LogP contribution in [0.3, 0.4) is 0 Å². The summed E-state index contributed by atoms with van der Waals surface area (Å²) >= 11 is 5.54. The van der Waals surface area contributed by atoms with Crippen LogP contribution in [0.5, 0.6) is 0 Å². The fourth-order valence-electron chi connectivity index (χ4n) is 0.985. The van der Waals surface area contributed by atoms with Crippen LogP contribution in [0.1, 0.15) is 11.1 Å². The van der Waals surface area contributed by atoms with Crippen LogP contribution in [0.25, 0.3) is 0 Å². The fraction of sp³-hybridized carbons (Fsp3) is 0.250. The van der Waals surface area contributed by atoms with Gasteiger partial charge in [0.05, 0.1) is 5.02 Å². The average molecular weight is 190 g/mol. The van der Waals surface area contributed by atoms with Gasteiger partial charge in [-0.2, -0.15) is 0 Å². The second-order valence-electron chi connectivity index (χ2n) is 2.49. The van der Waals surface area contributed by atoms with Gasteiger partial charge in [0.15, 0.2) is 0 Å². The van der Waals surface area contributed by atoms with Gasteiger partial charge in [-0.15, -0.1) is 0 Å². The predicted octanol–water partition coefficient (Wildman–Crippen LogP) is 2.27. The van der Waals surface area contributed by atoms with Crippen LogP contribution in [0, 0.1) is 12.7 Å². The Morgan fingerprint density at radius 2 is 2.25 bits per heavy atom. The topological polar surface area (TPSA) is 32.3 Å². The number of aryl methyl sites for hydroxylation is 1. The van der Waals surface area contributed by atoms with Gasteiger partial charge >= 0.3 is 0 Å². The number of rotatable bonds is 2. The van der Waals surface area contributed by atoms with E-state index in [1.165, 1.54) is 6.07 Å². The second-order valence-corrected chi connectivity index (χ2v) is 2.90. The van der Waals surface area contributed by atoms with Gasteiger partial charge in [0.25, 0.3) is 0 Å². The summed E-state index contributed by atoms with van der Waals surface area (Å²) in [5, 5.41) is 8.47. The summed E-state index contributed by atoms with van der Waals surface area (Å²) in [6.45, 7) is 1.82. The van der Waals surface area contributed by atoms with Gasteiger partial charge < -0.3 is 5.21 Å². The Bertz CT molecular complexity index is 291. The van der Waals surface area contributed by atoms with E-state index in [1.807, 2.05) is 5.48 Å². The van der Waals surface area contributed by atoms with Gasteiger partial charge in [0.2, 0.25) is 0 Å². The van der Waals surface area contributed by atoms with Crippen molar-refractivity contribution in [3.8, 4) is 0 Å². The molecule has 0 aliphatic rings. The van der Waals surface area contributed by atoms with E-state index in [9.17, 15) is 4.39 Å². The number of hydrogen-bond acceptors (Lipinski definition) is 2. The molecule has 0 saturated heterocycles. The van der Waals surface area contributed by atoms with E-state index < -0.39 is 5.82 Å². The summed E-state index contributed by atoms with van der Waals surface area (Å²) < 4.78 is 13.2. The zero-order chi connectivity index (χ0) is 9.14. The standard InChI is InChI=1S/C8H9ClFNO/c1-5-2-3-7(9)8(10)6(5)4-11-12/h2-3,11-12H,4H2,1H3. The molecule has 0 amide bonds. The van der Waals surface area contributed by atoms with Gasteiger partial charge in [-0.3, -0.25) is 0 Å². The number of nitrogens with one attached hydrogen (secondary N) is 1. The molecule has 1 aromatic rings. The van der Waals surface area contributed by atoms with Crippen LogP contribution in [0.2, 0.25) is 5.02 Å². The summed E-state index contributed by atoms with van der Waals surface area (Å²) in [7, 11) is 0. The van der Waals surface area contributed by atoms with Crippen LogP contribution in [-0.2, 0) is 6.54 Å². The molecule has 0 heterocycles. The Hall–Kier alpha value is -0.640. The van der Waals surface area contributed by atoms with Crippen molar-refractivity contribution in [1.29, 1.82) is 0 Å². The lowest BCUT2D eigenvalue weighted by Gasteiger charge is -2.06. The van der Waals surface area contributed by atoms with Gasteiger partial charge in [0.1, 0.15) is 5.82 Å². The average Bonchev–Trinajstić information content (AvgIpc) is 2.06. The number of benzene rings is 1. The number of halogens is 2. The molecule has 1 aromatic carbocycles. The molecule has 2 N–H and O–H groups in total. The molecule has 0 aliphatic heterocycles. The summed E-state index contributed by atoms with van der Waals surface area (Å²) in [5.41, 5.74) is 3.05. The van der Waals surface area contributed by atoms with Crippen molar-refractivity contribution in [3.05, 3.63) is 34.1 Å². The Morgan fingerprint density at radius 1 is 1.58 bits per heavy atom. The molecule has 0 fully saturated rings. The van der Waals surface area contributed by atoms with E-state index in [1.54, 1.807) is 13.0 Å². The first kappa shape index (κ1) is 9.45. The van der Waals surface area contributed by atoms with Crippen molar-refractivity contribution >= 4 is 11.6 Å². The van der Waals surface area contributed by atoms with Crippen molar-refractivity contribution in [1.82, 2.24) is 5.48 Å². The molecule has 0 atom stereocenters. The largest absolute Gasteiger partial charge is 0.316 e. The first-order valence-electron chi connectivity index (χ1n) is 3.47. The van der Waals surface area contributed by atoms with Crippen molar-refractivity contribution < 1.29 is 9.60 Å². The van der Waals surface area contributed by atoms with Crippen molar-refractivity contribution in [3.63, 3.8) is 0 Å². The first-order valence-corrected chi connectivity index (χ1v) is 3.85. The van der Waals surface area contributed by atoms with Crippen molar-refractivity contribution in [2.24, 2.45) is 0 Å². The van der Waals surface area contributed by atoms with Gasteiger partial charge in [0, 0.05) is 12.1 Å². The third kappa shape index (κ3) is 1.75. The zero-order valence-electron chi connectivity index (χ0n) is 6.56. The van der Waals surface area contributed by atoms with E-state index in [2.05, 4.69) is 0 Å². The first-order chi connectivity index (χ1) is 5.66. The molecule has 1 rings (SSSR count). The Labute approximate surface area is 74.9 Å². The Kier molecular flexibility index (Phi) is 3.03. The highest BCUT2D eigenvalue weighted by molar-refractivity contribution is 6.30. The smallest absolute Gasteiger partial charge is 0.146 e. The maximum atomic E-state index is 13.2. The van der Waals surface area contributed by atoms with Crippen LogP contribution in [0.15, 0.2) is 12.1 Å². The molecule has 12 heavy (non-hydrogen) atoms. The summed E-state index contributed by atoms with van der Waals surface area (Å²) in [5.74, 6) is -0.474. The third-order valence-corrected chi connectivity index (χ3v) is 1.98. The molecule has 0 aromatic heterocycles. The molecule has 0 radical (unpaired) electrons. The minimum Gasteiger partial charge on any atom is -0.316 e. The molecule has 4 heteroatoms. The molecule has 66 valence electrons. The predicted molar refractivity (Wildman–Crippen MR) is 44.8 cm³/mol. The fourth-order valence-corrected chi connectivity index (χ4v) is 1.16. The highest BCUT2D eigenvalue weighted by Gasteiger charge is 2.08. The third-order valence-electron chi connectivity index (χ3n) is 1.69. The maximum Gasteiger partial charge on any atom is 0.146 e. The molecule has 0 bridgehead atoms. The van der Waals surface area contributed by atoms with E-state index in [4.69, 9.17) is 16.8 Å². The highest BCUT2D eigenvalue weighted by Crippen LogP contribution is 2.20. The lowest BCUT2D eigenvalue weighted by atomic mass is 10.1. The molecular weight excluding hydrogens is 181 g/mol. The van der Waals surface area contributed by atoms with E-state index in [0.29, 0.717) is 5.56 Å². The van der Waals surface area contributed by atoms with Gasteiger partial charge in [-0.05, 0) is 18.6 Å². The minimum atomic E-state index is -0.474. The normalized spacial score (nSPS) is 10.3. The SMILES string of the molecule is Cc1ccc(Cl)c(F)c1CNO. The monoisotopic (exact) mass is 189 g/mol. The Balaban J connectivity index is 3.14. The molecule has 0 saturated carbocycles. The second kappa shape index (κ2) is 3.85. The lowest BCUT2D eigenvalue weighted by Crippen LogP contribution is -2.09. The molecule has 0 unspecified atom stereocenters. The number of hydrogen-bond donors (Lipinski definition) is 2. The van der Waals surface area contributed by atoms with Crippen molar-refractivity contribution in [2.75, 3.05) is 0 Å². The molecule has 2 nitrogen and oxygen atoms in total. The van der Waals surface area contributed by atoms with Crippen LogP contribution >= 0.6 is 11.6 Å². The highest BCUT2D eigenvalue weighted by atomic mass is 35.5. The molecule has 0 spiro atoms. The van der Waals surface area contributed by atoms with E-state index in [-0.39, 0.29) is 11.6 Å². The van der Waals surface area contributed by atoms with Crippen molar-refractivity contribution in [2.45, 2.75) is 13.5 Å². The van der Waals surface area contributed by atoms with Crippen LogP contribution < -0.4 is 5.48 Å². The minimum absolute atomic E-state index is 0.0677. The lowest BCUT2D eigenvalue weighted by molar-refractivity contribution is 0.159.